The summed E-state index contributed by atoms with van der Waals surface area (Å²) in [6, 6.07) is 9.14. The van der Waals surface area contributed by atoms with Crippen LogP contribution < -0.4 is 15.9 Å². The van der Waals surface area contributed by atoms with E-state index in [1.807, 2.05) is 19.9 Å². The summed E-state index contributed by atoms with van der Waals surface area (Å²) in [6.07, 6.45) is -2.64. The van der Waals surface area contributed by atoms with Gasteiger partial charge in [-0.05, 0) is 75.2 Å². The Kier molecular flexibility index (Phi) is 5.60. The number of hydrazine groups is 1. The Morgan fingerprint density at radius 3 is 2.23 bits per heavy atom. The van der Waals surface area contributed by atoms with Crippen LogP contribution in [0.1, 0.15) is 44.4 Å². The molecule has 0 fully saturated rings. The lowest BCUT2D eigenvalue weighted by Gasteiger charge is -2.29. The maximum atomic E-state index is 14.3. The van der Waals surface area contributed by atoms with Crippen LogP contribution in [0.4, 0.5) is 17.6 Å². The van der Waals surface area contributed by atoms with Gasteiger partial charge in [0, 0.05) is 18.2 Å². The maximum Gasteiger partial charge on any atom is 0.416 e. The van der Waals surface area contributed by atoms with Gasteiger partial charge in [0.25, 0.3) is 0 Å². The van der Waals surface area contributed by atoms with Gasteiger partial charge in [-0.1, -0.05) is 6.07 Å². The van der Waals surface area contributed by atoms with Crippen molar-refractivity contribution in [2.75, 3.05) is 6.54 Å². The van der Waals surface area contributed by atoms with E-state index < -0.39 is 28.6 Å². The first-order valence-corrected chi connectivity index (χ1v) is 9.55. The van der Waals surface area contributed by atoms with Crippen LogP contribution in [0.25, 0.3) is 0 Å². The maximum absolute atomic E-state index is 14.3. The molecule has 0 saturated carbocycles. The summed E-state index contributed by atoms with van der Waals surface area (Å²) in [5.41, 5.74) is 8.46. The van der Waals surface area contributed by atoms with Gasteiger partial charge >= 0.3 is 6.18 Å². The molecule has 4 nitrogen and oxygen atoms in total. The highest BCUT2D eigenvalue weighted by Gasteiger charge is 2.36. The predicted octanol–water partition coefficient (Wildman–Crippen LogP) is 5.01. The van der Waals surface area contributed by atoms with Crippen molar-refractivity contribution in [3.63, 3.8) is 0 Å². The summed E-state index contributed by atoms with van der Waals surface area (Å²) in [5, 5.41) is 1.72. The number of alkyl halides is 3. The lowest BCUT2D eigenvalue weighted by Crippen LogP contribution is -2.43. The van der Waals surface area contributed by atoms with Crippen LogP contribution in [0.15, 0.2) is 54.4 Å². The molecule has 3 rings (SSSR count). The molecule has 30 heavy (non-hydrogen) atoms. The molecule has 1 aliphatic heterocycles. The number of nitrogens with two attached hydrogens (primary N) is 1. The van der Waals surface area contributed by atoms with Crippen LogP contribution in [0.5, 0.6) is 5.75 Å². The molecule has 1 heterocycles. The van der Waals surface area contributed by atoms with E-state index in [9.17, 15) is 17.6 Å². The number of halogens is 4. The SMILES string of the molecule is CCN1NC(C)(c2cc(F)cc(C(C)(C)N)c2)C=C1Oc1ccc(C(F)(F)F)cc1. The van der Waals surface area contributed by atoms with Crippen molar-refractivity contribution in [3.8, 4) is 5.75 Å². The van der Waals surface area contributed by atoms with E-state index in [0.717, 1.165) is 12.1 Å². The fraction of sp³-hybridized carbons (Fsp3) is 0.364. The molecule has 1 unspecified atom stereocenters. The summed E-state index contributed by atoms with van der Waals surface area (Å²) in [6.45, 7) is 7.86. The molecule has 0 aromatic heterocycles. The van der Waals surface area contributed by atoms with Crippen molar-refractivity contribution in [3.05, 3.63) is 76.9 Å². The number of nitrogens with zero attached hydrogens (tertiary/aromatic N) is 1. The van der Waals surface area contributed by atoms with Crippen molar-refractivity contribution >= 4 is 0 Å². The highest BCUT2D eigenvalue weighted by Crippen LogP contribution is 2.35. The Balaban J connectivity index is 1.92. The van der Waals surface area contributed by atoms with Crippen LogP contribution in [0, 0.1) is 5.82 Å². The Morgan fingerprint density at radius 2 is 1.70 bits per heavy atom. The molecular weight excluding hydrogens is 398 g/mol. The molecule has 0 saturated heterocycles. The largest absolute Gasteiger partial charge is 0.440 e. The first-order chi connectivity index (χ1) is 13.8. The number of nitrogens with one attached hydrogen (secondary N) is 1. The van der Waals surface area contributed by atoms with Crippen LogP contribution in [-0.2, 0) is 17.3 Å². The van der Waals surface area contributed by atoms with Crippen molar-refractivity contribution < 1.29 is 22.3 Å². The third-order valence-corrected chi connectivity index (χ3v) is 5.01. The van der Waals surface area contributed by atoms with E-state index >= 15 is 0 Å². The lowest BCUT2D eigenvalue weighted by atomic mass is 9.87. The molecule has 0 amide bonds. The fourth-order valence-electron chi connectivity index (χ4n) is 3.25. The molecule has 0 aliphatic carbocycles. The summed E-state index contributed by atoms with van der Waals surface area (Å²) < 4.78 is 58.4. The highest BCUT2D eigenvalue weighted by molar-refractivity contribution is 5.39. The Morgan fingerprint density at radius 1 is 1.07 bits per heavy atom. The number of ether oxygens (including phenoxy) is 1. The molecule has 0 bridgehead atoms. The van der Waals surface area contributed by atoms with Gasteiger partial charge in [0.2, 0.25) is 5.88 Å². The molecule has 0 radical (unpaired) electrons. The average molecular weight is 423 g/mol. The fourth-order valence-corrected chi connectivity index (χ4v) is 3.25. The van der Waals surface area contributed by atoms with Crippen LogP contribution in [0.2, 0.25) is 0 Å². The molecular formula is C22H25F4N3O. The second-order valence-corrected chi connectivity index (χ2v) is 8.12. The van der Waals surface area contributed by atoms with Gasteiger partial charge in [-0.3, -0.25) is 5.01 Å². The van der Waals surface area contributed by atoms with Crippen LogP contribution >= 0.6 is 0 Å². The van der Waals surface area contributed by atoms with Gasteiger partial charge < -0.3 is 10.5 Å². The third kappa shape index (κ3) is 4.60. The molecule has 0 spiro atoms. The number of benzene rings is 2. The summed E-state index contributed by atoms with van der Waals surface area (Å²) in [7, 11) is 0. The molecule has 1 atom stereocenters. The van der Waals surface area contributed by atoms with E-state index in [2.05, 4.69) is 5.43 Å². The first kappa shape index (κ1) is 22.1. The van der Waals surface area contributed by atoms with Gasteiger partial charge in [0.05, 0.1) is 11.1 Å². The van der Waals surface area contributed by atoms with Gasteiger partial charge in [-0.15, -0.1) is 0 Å². The zero-order valence-electron chi connectivity index (χ0n) is 17.3. The average Bonchev–Trinajstić information content (AvgIpc) is 2.97. The molecule has 162 valence electrons. The minimum Gasteiger partial charge on any atom is -0.440 e. The van der Waals surface area contributed by atoms with E-state index in [-0.39, 0.29) is 5.75 Å². The van der Waals surface area contributed by atoms with E-state index in [4.69, 9.17) is 10.5 Å². The van der Waals surface area contributed by atoms with E-state index in [1.165, 1.54) is 24.3 Å². The highest BCUT2D eigenvalue weighted by atomic mass is 19.4. The zero-order valence-corrected chi connectivity index (χ0v) is 17.3. The summed E-state index contributed by atoms with van der Waals surface area (Å²) in [5.74, 6) is 0.275. The second-order valence-electron chi connectivity index (χ2n) is 8.12. The minimum absolute atomic E-state index is 0.266. The smallest absolute Gasteiger partial charge is 0.416 e. The van der Waals surface area contributed by atoms with Crippen molar-refractivity contribution in [2.24, 2.45) is 5.73 Å². The zero-order chi connectivity index (χ0) is 22.3. The number of hydrogen-bond donors (Lipinski definition) is 2. The quantitative estimate of drug-likeness (QED) is 0.664. The lowest BCUT2D eigenvalue weighted by molar-refractivity contribution is -0.137. The third-order valence-electron chi connectivity index (χ3n) is 5.01. The molecule has 2 aromatic carbocycles. The summed E-state index contributed by atoms with van der Waals surface area (Å²) >= 11 is 0. The Labute approximate surface area is 173 Å². The van der Waals surface area contributed by atoms with Gasteiger partial charge in [0.1, 0.15) is 11.6 Å². The van der Waals surface area contributed by atoms with Crippen molar-refractivity contribution in [2.45, 2.75) is 44.9 Å². The number of rotatable bonds is 5. The normalized spacial score (nSPS) is 19.8. The first-order valence-electron chi connectivity index (χ1n) is 9.55. The second kappa shape index (κ2) is 7.59. The predicted molar refractivity (Wildman–Crippen MR) is 107 cm³/mol. The monoisotopic (exact) mass is 423 g/mol. The van der Waals surface area contributed by atoms with Gasteiger partial charge in [-0.2, -0.15) is 13.2 Å². The van der Waals surface area contributed by atoms with Gasteiger partial charge in [0.15, 0.2) is 0 Å². The van der Waals surface area contributed by atoms with Crippen molar-refractivity contribution in [1.82, 2.24) is 10.4 Å². The van der Waals surface area contributed by atoms with Crippen molar-refractivity contribution in [1.29, 1.82) is 0 Å². The molecule has 3 N–H and O–H groups in total. The minimum atomic E-state index is -4.41. The molecule has 8 heteroatoms. The topological polar surface area (TPSA) is 50.5 Å². The standard InChI is InChI=1S/C22H25F4N3O/c1-5-29-19(30-18-8-6-14(7-9-18)22(24,25)26)13-21(4,28-29)16-10-15(20(2,3)27)11-17(23)12-16/h6-13,28H,5,27H2,1-4H3. The molecule has 2 aromatic rings. The Hall–Kier alpha value is -2.58. The van der Waals surface area contributed by atoms with E-state index in [0.29, 0.717) is 23.6 Å². The van der Waals surface area contributed by atoms with Gasteiger partial charge in [-0.25, -0.2) is 9.82 Å². The van der Waals surface area contributed by atoms with Crippen LogP contribution in [-0.4, -0.2) is 11.6 Å². The number of hydrogen-bond acceptors (Lipinski definition) is 4. The van der Waals surface area contributed by atoms with Crippen LogP contribution in [0.3, 0.4) is 0 Å². The molecule has 1 aliphatic rings. The van der Waals surface area contributed by atoms with E-state index in [1.54, 1.807) is 24.9 Å². The Bertz CT molecular complexity index is 948. The summed E-state index contributed by atoms with van der Waals surface area (Å²) in [4.78, 5) is 0.